The van der Waals surface area contributed by atoms with Gasteiger partial charge in [0.25, 0.3) is 0 Å². The van der Waals surface area contributed by atoms with Gasteiger partial charge in [0.2, 0.25) is 0 Å². The van der Waals surface area contributed by atoms with Gasteiger partial charge in [0.05, 0.1) is 13.2 Å². The summed E-state index contributed by atoms with van der Waals surface area (Å²) in [5, 5.41) is 14.2. The molecular formula is C10H12BrNO3S. The van der Waals surface area contributed by atoms with Crippen LogP contribution >= 0.6 is 27.3 Å². The number of rotatable bonds is 5. The molecule has 1 aromatic rings. The molecule has 1 aliphatic heterocycles. The minimum absolute atomic E-state index is 0.309. The van der Waals surface area contributed by atoms with E-state index < -0.39 is 11.4 Å². The Hall–Kier alpha value is -0.430. The van der Waals surface area contributed by atoms with Crippen LogP contribution in [0.5, 0.6) is 0 Å². The lowest BCUT2D eigenvalue weighted by Crippen LogP contribution is -2.54. The van der Waals surface area contributed by atoms with Gasteiger partial charge in [-0.1, -0.05) is 0 Å². The number of carbonyl (C=O) groups is 1. The van der Waals surface area contributed by atoms with E-state index in [1.54, 1.807) is 11.3 Å². The molecule has 4 nitrogen and oxygen atoms in total. The van der Waals surface area contributed by atoms with Crippen LogP contribution < -0.4 is 5.32 Å². The number of thiophene rings is 1. The standard InChI is InChI=1S/C10H12BrNO3S/c11-7-1-8(16-3-7)2-12-4-10(9(13)14)5-15-6-10/h1,3,12H,2,4-6H2,(H,13,14). The molecule has 1 saturated heterocycles. The van der Waals surface area contributed by atoms with Crippen LogP contribution in [-0.4, -0.2) is 30.8 Å². The Bertz CT molecular complexity index is 389. The molecule has 2 heterocycles. The molecule has 6 heteroatoms. The predicted molar refractivity (Wildman–Crippen MR) is 64.6 cm³/mol. The third-order valence-electron chi connectivity index (χ3n) is 2.59. The van der Waals surface area contributed by atoms with E-state index in [0.717, 1.165) is 4.47 Å². The largest absolute Gasteiger partial charge is 0.481 e. The average molecular weight is 306 g/mol. The summed E-state index contributed by atoms with van der Waals surface area (Å²) in [4.78, 5) is 12.2. The summed E-state index contributed by atoms with van der Waals surface area (Å²) < 4.78 is 6.04. The van der Waals surface area contributed by atoms with Crippen LogP contribution in [0.1, 0.15) is 4.88 Å². The van der Waals surface area contributed by atoms with Crippen molar-refractivity contribution in [2.45, 2.75) is 6.54 Å². The Morgan fingerprint density at radius 3 is 2.88 bits per heavy atom. The molecule has 0 atom stereocenters. The van der Waals surface area contributed by atoms with E-state index in [1.807, 2.05) is 11.4 Å². The predicted octanol–water partition coefficient (Wildman–Crippen LogP) is 1.70. The lowest BCUT2D eigenvalue weighted by molar-refractivity contribution is -0.178. The second-order valence-corrected chi connectivity index (χ2v) is 5.82. The molecule has 1 aromatic heterocycles. The van der Waals surface area contributed by atoms with E-state index in [0.29, 0.717) is 26.3 Å². The number of aliphatic carboxylic acids is 1. The molecule has 0 bridgehead atoms. The van der Waals surface area contributed by atoms with Crippen molar-refractivity contribution in [1.29, 1.82) is 0 Å². The van der Waals surface area contributed by atoms with Crippen molar-refractivity contribution in [3.63, 3.8) is 0 Å². The van der Waals surface area contributed by atoms with Gasteiger partial charge in [-0.3, -0.25) is 4.79 Å². The number of carboxylic acid groups (broad SMARTS) is 1. The fraction of sp³-hybridized carbons (Fsp3) is 0.500. The zero-order valence-corrected chi connectivity index (χ0v) is 10.9. The Balaban J connectivity index is 1.81. The number of ether oxygens (including phenoxy) is 1. The second kappa shape index (κ2) is 4.83. The summed E-state index contributed by atoms with van der Waals surface area (Å²) in [7, 11) is 0. The molecular weight excluding hydrogens is 294 g/mol. The summed E-state index contributed by atoms with van der Waals surface area (Å²) in [6.07, 6.45) is 0. The fourth-order valence-electron chi connectivity index (χ4n) is 1.52. The molecule has 2 rings (SSSR count). The third-order valence-corrected chi connectivity index (χ3v) is 4.29. The Morgan fingerprint density at radius 2 is 2.44 bits per heavy atom. The van der Waals surface area contributed by atoms with Crippen molar-refractivity contribution in [2.75, 3.05) is 19.8 Å². The van der Waals surface area contributed by atoms with Gasteiger partial charge in [-0.2, -0.15) is 0 Å². The van der Waals surface area contributed by atoms with E-state index in [9.17, 15) is 4.79 Å². The van der Waals surface area contributed by atoms with E-state index in [1.165, 1.54) is 4.88 Å². The van der Waals surface area contributed by atoms with E-state index in [2.05, 4.69) is 21.2 Å². The van der Waals surface area contributed by atoms with E-state index >= 15 is 0 Å². The molecule has 0 aliphatic carbocycles. The molecule has 0 amide bonds. The zero-order chi connectivity index (χ0) is 11.6. The van der Waals surface area contributed by atoms with Crippen LogP contribution in [0.2, 0.25) is 0 Å². The average Bonchev–Trinajstić information content (AvgIpc) is 2.55. The van der Waals surface area contributed by atoms with Gasteiger partial charge in [-0.05, 0) is 22.0 Å². The summed E-state index contributed by atoms with van der Waals surface area (Å²) in [6.45, 7) is 1.77. The van der Waals surface area contributed by atoms with Gasteiger partial charge in [0.1, 0.15) is 5.41 Å². The maximum atomic E-state index is 11.0. The van der Waals surface area contributed by atoms with Crippen molar-refractivity contribution < 1.29 is 14.6 Å². The van der Waals surface area contributed by atoms with Gasteiger partial charge in [-0.25, -0.2) is 0 Å². The molecule has 2 N–H and O–H groups in total. The van der Waals surface area contributed by atoms with Crippen LogP contribution in [0.4, 0.5) is 0 Å². The number of hydrogen-bond acceptors (Lipinski definition) is 4. The molecule has 16 heavy (non-hydrogen) atoms. The Kier molecular flexibility index (Phi) is 3.63. The van der Waals surface area contributed by atoms with Crippen molar-refractivity contribution in [2.24, 2.45) is 5.41 Å². The topological polar surface area (TPSA) is 58.6 Å². The highest BCUT2D eigenvalue weighted by molar-refractivity contribution is 9.10. The fourth-order valence-corrected chi connectivity index (χ4v) is 2.94. The third kappa shape index (κ3) is 2.45. The maximum Gasteiger partial charge on any atom is 0.315 e. The molecule has 0 unspecified atom stereocenters. The lowest BCUT2D eigenvalue weighted by atomic mass is 9.86. The zero-order valence-electron chi connectivity index (χ0n) is 8.53. The van der Waals surface area contributed by atoms with Crippen molar-refractivity contribution >= 4 is 33.2 Å². The van der Waals surface area contributed by atoms with E-state index in [-0.39, 0.29) is 0 Å². The van der Waals surface area contributed by atoms with Crippen molar-refractivity contribution in [3.8, 4) is 0 Å². The number of halogens is 1. The summed E-state index contributed by atoms with van der Waals surface area (Å²) in [5.41, 5.74) is -0.714. The number of hydrogen-bond donors (Lipinski definition) is 2. The second-order valence-electron chi connectivity index (χ2n) is 3.91. The molecule has 88 valence electrons. The molecule has 1 fully saturated rings. The highest BCUT2D eigenvalue weighted by atomic mass is 79.9. The normalized spacial score (nSPS) is 18.1. The lowest BCUT2D eigenvalue weighted by Gasteiger charge is -2.37. The highest BCUT2D eigenvalue weighted by Gasteiger charge is 2.45. The smallest absolute Gasteiger partial charge is 0.315 e. The summed E-state index contributed by atoms with van der Waals surface area (Å²) in [5.74, 6) is -0.779. The molecule has 0 radical (unpaired) electrons. The quantitative estimate of drug-likeness (QED) is 0.869. The van der Waals surface area contributed by atoms with Gasteiger partial charge in [-0.15, -0.1) is 11.3 Å². The first-order chi connectivity index (χ1) is 7.62. The molecule has 1 aliphatic rings. The van der Waals surface area contributed by atoms with Gasteiger partial charge in [0.15, 0.2) is 0 Å². The van der Waals surface area contributed by atoms with Gasteiger partial charge < -0.3 is 15.2 Å². The Labute approximate surface area is 106 Å². The van der Waals surface area contributed by atoms with Crippen molar-refractivity contribution in [1.82, 2.24) is 5.32 Å². The molecule has 0 aromatic carbocycles. The first-order valence-corrected chi connectivity index (χ1v) is 6.54. The minimum atomic E-state index is -0.779. The van der Waals surface area contributed by atoms with Crippen LogP contribution in [0.15, 0.2) is 15.9 Å². The Morgan fingerprint density at radius 1 is 1.69 bits per heavy atom. The SMILES string of the molecule is O=C(O)C1(CNCc2cc(Br)cs2)COC1. The van der Waals surface area contributed by atoms with Crippen LogP contribution in [0.25, 0.3) is 0 Å². The van der Waals surface area contributed by atoms with Gasteiger partial charge >= 0.3 is 5.97 Å². The van der Waals surface area contributed by atoms with Crippen LogP contribution in [0.3, 0.4) is 0 Å². The van der Waals surface area contributed by atoms with Gasteiger partial charge in [0, 0.05) is 27.8 Å². The first kappa shape index (κ1) is 12.0. The van der Waals surface area contributed by atoms with E-state index in [4.69, 9.17) is 9.84 Å². The maximum absolute atomic E-state index is 11.0. The van der Waals surface area contributed by atoms with Crippen LogP contribution in [-0.2, 0) is 16.1 Å². The molecule has 0 saturated carbocycles. The van der Waals surface area contributed by atoms with Crippen molar-refractivity contribution in [3.05, 3.63) is 20.8 Å². The number of nitrogens with one attached hydrogen (secondary N) is 1. The minimum Gasteiger partial charge on any atom is -0.481 e. The molecule has 0 spiro atoms. The highest BCUT2D eigenvalue weighted by Crippen LogP contribution is 2.27. The summed E-state index contributed by atoms with van der Waals surface area (Å²) in [6, 6.07) is 2.03. The number of carboxylic acids is 1. The monoisotopic (exact) mass is 305 g/mol. The first-order valence-electron chi connectivity index (χ1n) is 4.87. The summed E-state index contributed by atoms with van der Waals surface area (Å²) >= 11 is 5.03. The van der Waals surface area contributed by atoms with Crippen LogP contribution in [0, 0.1) is 5.41 Å².